The van der Waals surface area contributed by atoms with Crippen molar-refractivity contribution in [2.45, 2.75) is 12.8 Å². The molecular weight excluding hydrogens is 392 g/mol. The first-order valence-electron chi connectivity index (χ1n) is 9.55. The predicted molar refractivity (Wildman–Crippen MR) is 108 cm³/mol. The molecule has 0 aromatic heterocycles. The van der Waals surface area contributed by atoms with Gasteiger partial charge in [-0.15, -0.1) is 0 Å². The molecule has 0 unspecified atom stereocenters. The Balaban J connectivity index is 1.44. The van der Waals surface area contributed by atoms with Gasteiger partial charge < -0.3 is 29.2 Å². The summed E-state index contributed by atoms with van der Waals surface area (Å²) in [5, 5.41) is 17.5. The molecule has 0 amide bonds. The van der Waals surface area contributed by atoms with Crippen LogP contribution >= 0.6 is 0 Å². The molecule has 0 heterocycles. The quantitative estimate of drug-likeness (QED) is 0.424. The fourth-order valence-electron chi connectivity index (χ4n) is 2.52. The Morgan fingerprint density at radius 2 is 0.900 bits per heavy atom. The van der Waals surface area contributed by atoms with Crippen LogP contribution in [0.1, 0.15) is 11.1 Å². The maximum absolute atomic E-state index is 10.6. The SMILES string of the molecule is O=C(O)Cc1ccc(OCCOCCOCCOc2ccc(CC(=O)O)cc2)cc1. The Bertz CT molecular complexity index is 703. The highest BCUT2D eigenvalue weighted by molar-refractivity contribution is 5.70. The second-order valence-corrected chi connectivity index (χ2v) is 6.35. The Labute approximate surface area is 175 Å². The molecule has 0 spiro atoms. The lowest BCUT2D eigenvalue weighted by Gasteiger charge is -2.09. The van der Waals surface area contributed by atoms with Crippen LogP contribution in [0.3, 0.4) is 0 Å². The molecule has 2 rings (SSSR count). The van der Waals surface area contributed by atoms with E-state index in [2.05, 4.69) is 0 Å². The van der Waals surface area contributed by atoms with Gasteiger partial charge in [-0.25, -0.2) is 0 Å². The predicted octanol–water partition coefficient (Wildman–Crippen LogP) is 2.43. The van der Waals surface area contributed by atoms with Crippen LogP contribution in [0.5, 0.6) is 11.5 Å². The topological polar surface area (TPSA) is 112 Å². The highest BCUT2D eigenvalue weighted by Crippen LogP contribution is 2.13. The van der Waals surface area contributed by atoms with Crippen molar-refractivity contribution in [1.82, 2.24) is 0 Å². The Morgan fingerprint density at radius 1 is 0.567 bits per heavy atom. The zero-order chi connectivity index (χ0) is 21.6. The Hall–Kier alpha value is -3.10. The lowest BCUT2D eigenvalue weighted by Crippen LogP contribution is -2.13. The number of hydrogen-bond acceptors (Lipinski definition) is 6. The van der Waals surface area contributed by atoms with E-state index in [1.54, 1.807) is 48.5 Å². The number of carboxylic acid groups (broad SMARTS) is 2. The van der Waals surface area contributed by atoms with Gasteiger partial charge in [0.1, 0.15) is 24.7 Å². The summed E-state index contributed by atoms with van der Waals surface area (Å²) in [4.78, 5) is 21.3. The summed E-state index contributed by atoms with van der Waals surface area (Å²) >= 11 is 0. The van der Waals surface area contributed by atoms with Crippen LogP contribution < -0.4 is 9.47 Å². The van der Waals surface area contributed by atoms with Crippen molar-refractivity contribution in [2.24, 2.45) is 0 Å². The molecule has 2 aromatic rings. The number of hydrogen-bond donors (Lipinski definition) is 2. The van der Waals surface area contributed by atoms with Crippen LogP contribution in [0.2, 0.25) is 0 Å². The summed E-state index contributed by atoms with van der Waals surface area (Å²) < 4.78 is 21.9. The van der Waals surface area contributed by atoms with E-state index in [-0.39, 0.29) is 12.8 Å². The summed E-state index contributed by atoms with van der Waals surface area (Å²) in [6, 6.07) is 13.9. The average molecular weight is 418 g/mol. The average Bonchev–Trinajstić information content (AvgIpc) is 2.71. The summed E-state index contributed by atoms with van der Waals surface area (Å²) in [5.41, 5.74) is 1.45. The first-order valence-corrected chi connectivity index (χ1v) is 9.55. The van der Waals surface area contributed by atoms with E-state index in [0.717, 1.165) is 11.1 Å². The Kier molecular flexibility index (Phi) is 10.2. The van der Waals surface area contributed by atoms with Crippen LogP contribution in [0.4, 0.5) is 0 Å². The maximum atomic E-state index is 10.6. The molecule has 0 radical (unpaired) electrons. The molecule has 2 aromatic carbocycles. The van der Waals surface area contributed by atoms with Gasteiger partial charge in [0.15, 0.2) is 0 Å². The fourth-order valence-corrected chi connectivity index (χ4v) is 2.52. The van der Waals surface area contributed by atoms with Gasteiger partial charge in [-0.05, 0) is 35.4 Å². The highest BCUT2D eigenvalue weighted by atomic mass is 16.6. The molecular formula is C22H26O8. The molecule has 0 fully saturated rings. The molecule has 0 saturated heterocycles. The molecule has 0 bridgehead atoms. The van der Waals surface area contributed by atoms with Gasteiger partial charge in [0.25, 0.3) is 0 Å². The normalized spacial score (nSPS) is 10.5. The molecule has 0 aliphatic heterocycles. The van der Waals surface area contributed by atoms with E-state index in [1.807, 2.05) is 0 Å². The van der Waals surface area contributed by atoms with Gasteiger partial charge in [0.2, 0.25) is 0 Å². The maximum Gasteiger partial charge on any atom is 0.307 e. The monoisotopic (exact) mass is 418 g/mol. The van der Waals surface area contributed by atoms with Crippen molar-refractivity contribution < 1.29 is 38.7 Å². The van der Waals surface area contributed by atoms with E-state index in [9.17, 15) is 9.59 Å². The standard InChI is InChI=1S/C22H26O8/c23-21(24)15-17-1-5-19(6-2-17)29-13-11-27-9-10-28-12-14-30-20-7-3-18(4-8-20)16-22(25)26/h1-8H,9-16H2,(H,23,24)(H,25,26). The van der Waals surface area contributed by atoms with Gasteiger partial charge in [-0.2, -0.15) is 0 Å². The van der Waals surface area contributed by atoms with Crippen LogP contribution in [-0.4, -0.2) is 61.8 Å². The molecule has 162 valence electrons. The van der Waals surface area contributed by atoms with Crippen LogP contribution in [0.25, 0.3) is 0 Å². The van der Waals surface area contributed by atoms with Crippen molar-refractivity contribution in [3.05, 3.63) is 59.7 Å². The zero-order valence-corrected chi connectivity index (χ0v) is 16.6. The van der Waals surface area contributed by atoms with Crippen molar-refractivity contribution in [3.8, 4) is 11.5 Å². The number of ether oxygens (including phenoxy) is 4. The number of benzene rings is 2. The largest absolute Gasteiger partial charge is 0.491 e. The molecule has 2 N–H and O–H groups in total. The van der Waals surface area contributed by atoms with Crippen molar-refractivity contribution in [2.75, 3.05) is 39.6 Å². The number of carboxylic acids is 2. The van der Waals surface area contributed by atoms with Gasteiger partial charge in [0.05, 0.1) is 39.3 Å². The number of carbonyl (C=O) groups is 2. The van der Waals surface area contributed by atoms with Crippen molar-refractivity contribution in [1.29, 1.82) is 0 Å². The smallest absolute Gasteiger partial charge is 0.307 e. The van der Waals surface area contributed by atoms with Gasteiger partial charge in [0, 0.05) is 0 Å². The molecule has 0 atom stereocenters. The first kappa shape index (κ1) is 23.2. The Morgan fingerprint density at radius 3 is 1.23 bits per heavy atom. The number of aliphatic carboxylic acids is 2. The lowest BCUT2D eigenvalue weighted by atomic mass is 10.1. The zero-order valence-electron chi connectivity index (χ0n) is 16.6. The molecule has 0 saturated carbocycles. The molecule has 8 heteroatoms. The minimum absolute atomic E-state index is 0.00645. The summed E-state index contributed by atoms with van der Waals surface area (Å²) in [6.45, 7) is 2.48. The molecule has 8 nitrogen and oxygen atoms in total. The second-order valence-electron chi connectivity index (χ2n) is 6.35. The molecule has 30 heavy (non-hydrogen) atoms. The third-order valence-electron chi connectivity index (χ3n) is 3.92. The van der Waals surface area contributed by atoms with Gasteiger partial charge >= 0.3 is 11.9 Å². The van der Waals surface area contributed by atoms with E-state index >= 15 is 0 Å². The van der Waals surface area contributed by atoms with Crippen molar-refractivity contribution in [3.63, 3.8) is 0 Å². The van der Waals surface area contributed by atoms with E-state index in [0.29, 0.717) is 51.1 Å². The van der Waals surface area contributed by atoms with E-state index in [1.165, 1.54) is 0 Å². The molecule has 0 aliphatic carbocycles. The lowest BCUT2D eigenvalue weighted by molar-refractivity contribution is -0.137. The van der Waals surface area contributed by atoms with E-state index < -0.39 is 11.9 Å². The van der Waals surface area contributed by atoms with Crippen LogP contribution in [0.15, 0.2) is 48.5 Å². The van der Waals surface area contributed by atoms with E-state index in [4.69, 9.17) is 29.2 Å². The van der Waals surface area contributed by atoms with Gasteiger partial charge in [-0.1, -0.05) is 24.3 Å². The van der Waals surface area contributed by atoms with Crippen LogP contribution in [0, 0.1) is 0 Å². The summed E-state index contributed by atoms with van der Waals surface area (Å²) in [6.07, 6.45) is -0.0129. The summed E-state index contributed by atoms with van der Waals surface area (Å²) in [5.74, 6) is -0.399. The van der Waals surface area contributed by atoms with Crippen LogP contribution in [-0.2, 0) is 31.9 Å². The highest BCUT2D eigenvalue weighted by Gasteiger charge is 2.02. The van der Waals surface area contributed by atoms with Crippen molar-refractivity contribution >= 4 is 11.9 Å². The third kappa shape index (κ3) is 9.90. The summed E-state index contributed by atoms with van der Waals surface area (Å²) in [7, 11) is 0. The second kappa shape index (κ2) is 13.2. The molecule has 0 aliphatic rings. The first-order chi connectivity index (χ1) is 14.5. The minimum Gasteiger partial charge on any atom is -0.491 e. The van der Waals surface area contributed by atoms with Gasteiger partial charge in [-0.3, -0.25) is 9.59 Å². The minimum atomic E-state index is -0.863. The number of rotatable bonds is 15. The third-order valence-corrected chi connectivity index (χ3v) is 3.92. The fraction of sp³-hybridized carbons (Fsp3) is 0.364.